The summed E-state index contributed by atoms with van der Waals surface area (Å²) in [6.07, 6.45) is 3.67. The molecule has 2 aromatic heterocycles. The predicted octanol–water partition coefficient (Wildman–Crippen LogP) is 3.14. The molecule has 2 heterocycles. The smallest absolute Gasteiger partial charge is 0.252 e. The lowest BCUT2D eigenvalue weighted by atomic mass is 9.96. The van der Waals surface area contributed by atoms with Crippen LogP contribution in [0.5, 0.6) is 0 Å². The summed E-state index contributed by atoms with van der Waals surface area (Å²) < 4.78 is 0. The second-order valence-electron chi connectivity index (χ2n) is 6.93. The van der Waals surface area contributed by atoms with Crippen LogP contribution in [0.15, 0.2) is 36.5 Å². The van der Waals surface area contributed by atoms with Crippen LogP contribution in [0, 0.1) is 24.2 Å². The minimum absolute atomic E-state index is 0.00518. The summed E-state index contributed by atoms with van der Waals surface area (Å²) in [4.78, 5) is 31.8. The third kappa shape index (κ3) is 3.45. The van der Waals surface area contributed by atoms with Gasteiger partial charge in [-0.2, -0.15) is 5.26 Å². The summed E-state index contributed by atoms with van der Waals surface area (Å²) >= 11 is 0. The molecule has 0 bridgehead atoms. The summed E-state index contributed by atoms with van der Waals surface area (Å²) in [7, 11) is 0. The number of amides is 2. The Morgan fingerprint density at radius 1 is 1.25 bits per heavy atom. The van der Waals surface area contributed by atoms with Crippen LogP contribution in [-0.4, -0.2) is 28.3 Å². The van der Waals surface area contributed by atoms with E-state index in [1.165, 1.54) is 0 Å². The molecule has 0 atom stereocenters. The molecule has 7 heteroatoms. The van der Waals surface area contributed by atoms with Crippen molar-refractivity contribution in [3.63, 3.8) is 0 Å². The fraction of sp³-hybridized carbons (Fsp3) is 0.238. The van der Waals surface area contributed by atoms with Crippen LogP contribution in [0.25, 0.3) is 22.2 Å². The van der Waals surface area contributed by atoms with Gasteiger partial charge in [0.2, 0.25) is 5.91 Å². The van der Waals surface area contributed by atoms with E-state index in [4.69, 9.17) is 5.26 Å². The van der Waals surface area contributed by atoms with Crippen LogP contribution in [0.2, 0.25) is 0 Å². The molecule has 7 nitrogen and oxygen atoms in total. The Hall–Kier alpha value is -3.66. The van der Waals surface area contributed by atoms with Gasteiger partial charge < -0.3 is 15.6 Å². The normalized spacial score (nSPS) is 13.1. The number of anilines is 1. The third-order valence-electron chi connectivity index (χ3n) is 4.83. The van der Waals surface area contributed by atoms with Crippen molar-refractivity contribution in [2.75, 3.05) is 11.9 Å². The van der Waals surface area contributed by atoms with E-state index in [-0.39, 0.29) is 24.3 Å². The highest BCUT2D eigenvalue weighted by atomic mass is 16.2. The number of nitrogens with one attached hydrogen (secondary N) is 3. The maximum atomic E-state index is 12.1. The first kappa shape index (κ1) is 17.7. The molecule has 0 spiro atoms. The van der Waals surface area contributed by atoms with E-state index < -0.39 is 0 Å². The molecule has 2 amide bonds. The highest BCUT2D eigenvalue weighted by Gasteiger charge is 2.30. The molecule has 3 N–H and O–H groups in total. The maximum absolute atomic E-state index is 12.1. The van der Waals surface area contributed by atoms with Gasteiger partial charge in [0.25, 0.3) is 5.91 Å². The number of nitriles is 1. The molecule has 140 valence electrons. The zero-order chi connectivity index (χ0) is 19.7. The molecule has 1 aliphatic carbocycles. The predicted molar refractivity (Wildman–Crippen MR) is 106 cm³/mol. The lowest BCUT2D eigenvalue weighted by molar-refractivity contribution is -0.117. The van der Waals surface area contributed by atoms with E-state index in [2.05, 4.69) is 20.6 Å². The molecule has 0 unspecified atom stereocenters. The molecule has 0 saturated heterocycles. The quantitative estimate of drug-likeness (QED) is 0.597. The van der Waals surface area contributed by atoms with Gasteiger partial charge in [-0.15, -0.1) is 0 Å². The zero-order valence-corrected chi connectivity index (χ0v) is 15.4. The standard InChI is InChI=1S/C21H19N5O2/c1-12-10-14(20(27)24-9-7-22)4-5-15(12)17-11-18(26-21(28)13-2-3-13)25-19-16(17)6-8-23-19/h4-6,8,10-11,13H,2-3,9H2,1H3,(H,24,27)(H2,23,25,26,28). The molecular weight excluding hydrogens is 354 g/mol. The summed E-state index contributed by atoms with van der Waals surface area (Å²) in [5, 5.41) is 15.0. The number of rotatable bonds is 5. The van der Waals surface area contributed by atoms with Crippen molar-refractivity contribution >= 4 is 28.7 Å². The fourth-order valence-corrected chi connectivity index (χ4v) is 3.23. The number of aromatic nitrogens is 2. The van der Waals surface area contributed by atoms with Gasteiger partial charge in [0, 0.05) is 23.1 Å². The van der Waals surface area contributed by atoms with Crippen molar-refractivity contribution in [3.8, 4) is 17.2 Å². The van der Waals surface area contributed by atoms with Crippen molar-refractivity contribution < 1.29 is 9.59 Å². The average Bonchev–Trinajstić information content (AvgIpc) is 3.43. The fourth-order valence-electron chi connectivity index (χ4n) is 3.23. The van der Waals surface area contributed by atoms with E-state index in [1.807, 2.05) is 37.4 Å². The topological polar surface area (TPSA) is 111 Å². The van der Waals surface area contributed by atoms with Crippen molar-refractivity contribution in [2.45, 2.75) is 19.8 Å². The SMILES string of the molecule is Cc1cc(C(=O)NCC#N)ccc1-c1cc(NC(=O)C2CC2)nc2[nH]ccc12. The molecule has 3 aromatic rings. The number of nitrogens with zero attached hydrogens (tertiary/aromatic N) is 2. The second-order valence-corrected chi connectivity index (χ2v) is 6.93. The Kier molecular flexibility index (Phi) is 4.53. The van der Waals surface area contributed by atoms with Crippen LogP contribution in [0.4, 0.5) is 5.82 Å². The first-order valence-electron chi connectivity index (χ1n) is 9.12. The van der Waals surface area contributed by atoms with E-state index in [0.29, 0.717) is 17.0 Å². The van der Waals surface area contributed by atoms with Crippen LogP contribution in [0.3, 0.4) is 0 Å². The Labute approximate surface area is 161 Å². The average molecular weight is 373 g/mol. The van der Waals surface area contributed by atoms with Gasteiger partial charge in [-0.1, -0.05) is 6.07 Å². The minimum atomic E-state index is -0.282. The second kappa shape index (κ2) is 7.16. The molecule has 1 fully saturated rings. The number of carbonyl (C=O) groups is 2. The number of aryl methyl sites for hydroxylation is 1. The highest BCUT2D eigenvalue weighted by Crippen LogP contribution is 2.34. The third-order valence-corrected chi connectivity index (χ3v) is 4.83. The lowest BCUT2D eigenvalue weighted by Gasteiger charge is -2.12. The summed E-state index contributed by atoms with van der Waals surface area (Å²) in [6, 6.07) is 11.1. The van der Waals surface area contributed by atoms with Crippen LogP contribution in [-0.2, 0) is 4.79 Å². The van der Waals surface area contributed by atoms with Gasteiger partial charge in [0.05, 0.1) is 6.07 Å². The minimum Gasteiger partial charge on any atom is -0.346 e. The molecule has 0 radical (unpaired) electrons. The van der Waals surface area contributed by atoms with Crippen LogP contribution >= 0.6 is 0 Å². The first-order valence-corrected chi connectivity index (χ1v) is 9.12. The molecule has 28 heavy (non-hydrogen) atoms. The zero-order valence-electron chi connectivity index (χ0n) is 15.4. The van der Waals surface area contributed by atoms with E-state index in [0.717, 1.165) is 34.9 Å². The molecule has 1 aliphatic rings. The Bertz CT molecular complexity index is 1120. The number of aromatic amines is 1. The summed E-state index contributed by atoms with van der Waals surface area (Å²) in [6.45, 7) is 1.90. The monoisotopic (exact) mass is 373 g/mol. The summed E-state index contributed by atoms with van der Waals surface area (Å²) in [5.41, 5.74) is 3.99. The number of hydrogen-bond donors (Lipinski definition) is 3. The summed E-state index contributed by atoms with van der Waals surface area (Å²) in [5.74, 6) is 0.329. The van der Waals surface area contributed by atoms with Crippen molar-refractivity contribution in [3.05, 3.63) is 47.7 Å². The van der Waals surface area contributed by atoms with Gasteiger partial charge in [0.1, 0.15) is 18.0 Å². The van der Waals surface area contributed by atoms with Crippen molar-refractivity contribution in [2.24, 2.45) is 5.92 Å². The molecule has 1 aromatic carbocycles. The number of carbonyl (C=O) groups excluding carboxylic acids is 2. The van der Waals surface area contributed by atoms with Gasteiger partial charge >= 0.3 is 0 Å². The highest BCUT2D eigenvalue weighted by molar-refractivity contribution is 6.00. The van der Waals surface area contributed by atoms with Gasteiger partial charge in [0.15, 0.2) is 0 Å². The van der Waals surface area contributed by atoms with E-state index in [1.54, 1.807) is 12.1 Å². The lowest BCUT2D eigenvalue weighted by Crippen LogP contribution is -2.23. The first-order chi connectivity index (χ1) is 13.6. The van der Waals surface area contributed by atoms with Crippen molar-refractivity contribution in [1.29, 1.82) is 5.26 Å². The Balaban J connectivity index is 1.71. The van der Waals surface area contributed by atoms with Gasteiger partial charge in [-0.05, 0) is 60.7 Å². The van der Waals surface area contributed by atoms with Gasteiger partial charge in [-0.3, -0.25) is 9.59 Å². The number of fused-ring (bicyclic) bond motifs is 1. The molecular formula is C21H19N5O2. The number of pyridine rings is 1. The molecule has 0 aliphatic heterocycles. The van der Waals surface area contributed by atoms with E-state index in [9.17, 15) is 9.59 Å². The number of benzene rings is 1. The molecule has 1 saturated carbocycles. The van der Waals surface area contributed by atoms with Crippen LogP contribution in [0.1, 0.15) is 28.8 Å². The van der Waals surface area contributed by atoms with E-state index >= 15 is 0 Å². The molecule has 4 rings (SSSR count). The maximum Gasteiger partial charge on any atom is 0.252 e. The van der Waals surface area contributed by atoms with Crippen molar-refractivity contribution in [1.82, 2.24) is 15.3 Å². The largest absolute Gasteiger partial charge is 0.346 e. The number of hydrogen-bond acceptors (Lipinski definition) is 4. The Morgan fingerprint density at radius 3 is 2.79 bits per heavy atom. The van der Waals surface area contributed by atoms with Crippen LogP contribution < -0.4 is 10.6 Å². The Morgan fingerprint density at radius 2 is 2.07 bits per heavy atom. The number of H-pyrrole nitrogens is 1. The van der Waals surface area contributed by atoms with Gasteiger partial charge in [-0.25, -0.2) is 4.98 Å².